The van der Waals surface area contributed by atoms with Gasteiger partial charge in [-0.05, 0) is 12.5 Å². The molecule has 3 aromatic rings. The highest BCUT2D eigenvalue weighted by atomic mass is 15.3. The number of imidazole rings is 1. The molecule has 0 aromatic carbocycles. The lowest BCUT2D eigenvalue weighted by atomic mass is 10.4. The number of nitrogens with zero attached hydrogens (tertiary/aromatic N) is 5. The number of nitrogens with one attached hydrogen (secondary N) is 1. The molecule has 0 aliphatic rings. The fraction of sp³-hybridized carbons (Fsp3) is 0.200. The Morgan fingerprint density at radius 3 is 3.06 bits per heavy atom. The molecule has 0 radical (unpaired) electrons. The van der Waals surface area contributed by atoms with Crippen molar-refractivity contribution in [3.63, 3.8) is 0 Å². The minimum atomic E-state index is 0.651. The first kappa shape index (κ1) is 9.02. The molecule has 1 N–H and O–H groups in total. The zero-order valence-corrected chi connectivity index (χ0v) is 8.75. The Bertz CT molecular complexity index is 623. The molecule has 80 valence electrons. The van der Waals surface area contributed by atoms with Crippen molar-refractivity contribution >= 4 is 11.2 Å². The molecule has 0 fully saturated rings. The van der Waals surface area contributed by atoms with Gasteiger partial charge in [-0.15, -0.1) is 0 Å². The molecule has 0 saturated heterocycles. The first-order valence-electron chi connectivity index (χ1n) is 5.07. The molecule has 3 aromatic heterocycles. The molecule has 6 heteroatoms. The lowest BCUT2D eigenvalue weighted by Gasteiger charge is -2.00. The molecular formula is C10H10N6. The average Bonchev–Trinajstić information content (AvgIpc) is 2.97. The Morgan fingerprint density at radius 2 is 2.25 bits per heavy atom. The van der Waals surface area contributed by atoms with Crippen LogP contribution in [0.1, 0.15) is 12.6 Å². The third-order valence-electron chi connectivity index (χ3n) is 2.43. The van der Waals surface area contributed by atoms with Gasteiger partial charge < -0.3 is 4.98 Å². The summed E-state index contributed by atoms with van der Waals surface area (Å²) in [6, 6.07) is 1.98. The van der Waals surface area contributed by atoms with Crippen molar-refractivity contribution in [2.45, 2.75) is 13.3 Å². The third-order valence-corrected chi connectivity index (χ3v) is 2.43. The van der Waals surface area contributed by atoms with Gasteiger partial charge >= 0.3 is 0 Å². The second-order valence-electron chi connectivity index (χ2n) is 3.40. The minimum absolute atomic E-state index is 0.651. The molecule has 3 rings (SSSR count). The fourth-order valence-electron chi connectivity index (χ4n) is 1.59. The topological polar surface area (TPSA) is 72.3 Å². The summed E-state index contributed by atoms with van der Waals surface area (Å²) in [4.78, 5) is 15.4. The number of rotatable bonds is 2. The van der Waals surface area contributed by atoms with Gasteiger partial charge in [-0.3, -0.25) is 0 Å². The van der Waals surface area contributed by atoms with E-state index in [1.165, 1.54) is 6.33 Å². The second-order valence-corrected chi connectivity index (χ2v) is 3.40. The van der Waals surface area contributed by atoms with Crippen LogP contribution in [0.3, 0.4) is 0 Å². The van der Waals surface area contributed by atoms with E-state index in [1.54, 1.807) is 11.0 Å². The highest BCUT2D eigenvalue weighted by molar-refractivity contribution is 5.77. The van der Waals surface area contributed by atoms with Crippen molar-refractivity contribution in [1.82, 2.24) is 29.7 Å². The molecule has 3 heterocycles. The van der Waals surface area contributed by atoms with E-state index in [0.29, 0.717) is 5.65 Å². The summed E-state index contributed by atoms with van der Waals surface area (Å²) < 4.78 is 1.74. The van der Waals surface area contributed by atoms with Gasteiger partial charge in [0.2, 0.25) is 0 Å². The molecule has 0 amide bonds. The zero-order valence-electron chi connectivity index (χ0n) is 8.75. The number of aryl methyl sites for hydroxylation is 1. The van der Waals surface area contributed by atoms with Crippen molar-refractivity contribution in [1.29, 1.82) is 0 Å². The van der Waals surface area contributed by atoms with E-state index in [-0.39, 0.29) is 0 Å². The molecular weight excluding hydrogens is 204 g/mol. The Morgan fingerprint density at radius 1 is 1.31 bits per heavy atom. The number of aromatic nitrogens is 6. The standard InChI is InChI=1S/C10H10N6/c1-2-7-3-4-16(15-7)10-8-9(12-5-11-8)13-6-14-10/h3-6H,2H2,1H3,(H,11,12,13,14). The Balaban J connectivity index is 2.21. The molecule has 0 aliphatic heterocycles. The van der Waals surface area contributed by atoms with E-state index in [1.807, 2.05) is 12.3 Å². The maximum Gasteiger partial charge on any atom is 0.182 e. The van der Waals surface area contributed by atoms with E-state index >= 15 is 0 Å². The van der Waals surface area contributed by atoms with Gasteiger partial charge in [0.25, 0.3) is 0 Å². The molecule has 0 aliphatic carbocycles. The lowest BCUT2D eigenvalue weighted by molar-refractivity contribution is 0.818. The predicted molar refractivity (Wildman–Crippen MR) is 58.2 cm³/mol. The normalized spacial score (nSPS) is 11.1. The summed E-state index contributed by atoms with van der Waals surface area (Å²) in [6.45, 7) is 2.07. The summed E-state index contributed by atoms with van der Waals surface area (Å²) in [5, 5.41) is 4.41. The first-order chi connectivity index (χ1) is 7.88. The Labute approximate surface area is 91.4 Å². The van der Waals surface area contributed by atoms with Gasteiger partial charge in [-0.1, -0.05) is 6.92 Å². The summed E-state index contributed by atoms with van der Waals surface area (Å²) >= 11 is 0. The number of aromatic amines is 1. The zero-order chi connectivity index (χ0) is 11.0. The van der Waals surface area contributed by atoms with Gasteiger partial charge in [0, 0.05) is 6.20 Å². The molecule has 0 saturated carbocycles. The number of hydrogen-bond acceptors (Lipinski definition) is 4. The number of H-pyrrole nitrogens is 1. The van der Waals surface area contributed by atoms with Gasteiger partial charge in [0.1, 0.15) is 11.8 Å². The van der Waals surface area contributed by atoms with Crippen LogP contribution in [-0.4, -0.2) is 29.7 Å². The van der Waals surface area contributed by atoms with E-state index in [2.05, 4.69) is 32.0 Å². The number of hydrogen-bond donors (Lipinski definition) is 1. The largest absolute Gasteiger partial charge is 0.340 e. The van der Waals surface area contributed by atoms with Gasteiger partial charge in [0.05, 0.1) is 12.0 Å². The third kappa shape index (κ3) is 1.27. The van der Waals surface area contributed by atoms with Crippen LogP contribution in [0.15, 0.2) is 24.9 Å². The van der Waals surface area contributed by atoms with Crippen LogP contribution in [0, 0.1) is 0 Å². The van der Waals surface area contributed by atoms with Crippen molar-refractivity contribution in [2.24, 2.45) is 0 Å². The lowest BCUT2D eigenvalue weighted by Crippen LogP contribution is -2.00. The maximum atomic E-state index is 4.41. The van der Waals surface area contributed by atoms with Gasteiger partial charge in [0.15, 0.2) is 11.5 Å². The van der Waals surface area contributed by atoms with Gasteiger partial charge in [-0.2, -0.15) is 5.10 Å². The summed E-state index contributed by atoms with van der Waals surface area (Å²) in [5.41, 5.74) is 2.48. The number of fused-ring (bicyclic) bond motifs is 1. The van der Waals surface area contributed by atoms with E-state index in [0.717, 1.165) is 23.4 Å². The van der Waals surface area contributed by atoms with Crippen LogP contribution in [0.5, 0.6) is 0 Å². The molecule has 0 atom stereocenters. The Kier molecular flexibility index (Phi) is 1.92. The molecule has 0 bridgehead atoms. The highest BCUT2D eigenvalue weighted by Gasteiger charge is 2.08. The highest BCUT2D eigenvalue weighted by Crippen LogP contribution is 2.13. The van der Waals surface area contributed by atoms with Crippen LogP contribution in [0.4, 0.5) is 0 Å². The first-order valence-corrected chi connectivity index (χ1v) is 5.07. The smallest absolute Gasteiger partial charge is 0.182 e. The average molecular weight is 214 g/mol. The van der Waals surface area contributed by atoms with Crippen molar-refractivity contribution in [3.05, 3.63) is 30.6 Å². The minimum Gasteiger partial charge on any atom is -0.340 e. The van der Waals surface area contributed by atoms with Gasteiger partial charge in [-0.25, -0.2) is 19.6 Å². The fourth-order valence-corrected chi connectivity index (χ4v) is 1.59. The Hall–Kier alpha value is -2.24. The molecule has 0 spiro atoms. The van der Waals surface area contributed by atoms with E-state index < -0.39 is 0 Å². The molecule has 0 unspecified atom stereocenters. The maximum absolute atomic E-state index is 4.41. The van der Waals surface area contributed by atoms with E-state index in [9.17, 15) is 0 Å². The van der Waals surface area contributed by atoms with Crippen LogP contribution in [-0.2, 0) is 6.42 Å². The molecule has 16 heavy (non-hydrogen) atoms. The summed E-state index contributed by atoms with van der Waals surface area (Å²) in [6.07, 6.45) is 5.89. The van der Waals surface area contributed by atoms with Crippen molar-refractivity contribution < 1.29 is 0 Å². The van der Waals surface area contributed by atoms with E-state index in [4.69, 9.17) is 0 Å². The summed E-state index contributed by atoms with van der Waals surface area (Å²) in [7, 11) is 0. The molecule has 6 nitrogen and oxygen atoms in total. The SMILES string of the molecule is CCc1ccn(-c2ncnc3nc[nH]c23)n1. The van der Waals surface area contributed by atoms with Crippen LogP contribution in [0.2, 0.25) is 0 Å². The van der Waals surface area contributed by atoms with Crippen molar-refractivity contribution in [2.75, 3.05) is 0 Å². The van der Waals surface area contributed by atoms with Crippen LogP contribution >= 0.6 is 0 Å². The van der Waals surface area contributed by atoms with Crippen molar-refractivity contribution in [3.8, 4) is 5.82 Å². The van der Waals surface area contributed by atoms with Crippen LogP contribution < -0.4 is 0 Å². The summed E-state index contributed by atoms with van der Waals surface area (Å²) in [5.74, 6) is 0.724. The quantitative estimate of drug-likeness (QED) is 0.693. The monoisotopic (exact) mass is 214 g/mol. The van der Waals surface area contributed by atoms with Crippen LogP contribution in [0.25, 0.3) is 17.0 Å². The second kappa shape index (κ2) is 3.41. The predicted octanol–water partition coefficient (Wildman–Crippen LogP) is 1.10.